The van der Waals surface area contributed by atoms with Crippen molar-refractivity contribution >= 4 is 33.7 Å². The van der Waals surface area contributed by atoms with Gasteiger partial charge in [0.05, 0.1) is 10.0 Å². The molecule has 3 N–H and O–H groups in total. The number of hydrogen-bond acceptors (Lipinski definition) is 3. The van der Waals surface area contributed by atoms with E-state index in [4.69, 9.17) is 10.8 Å². The minimum absolute atomic E-state index is 0.0810. The summed E-state index contributed by atoms with van der Waals surface area (Å²) in [7, 11) is 0. The Morgan fingerprint density at radius 3 is 2.47 bits per heavy atom. The van der Waals surface area contributed by atoms with E-state index in [0.717, 1.165) is 11.0 Å². The van der Waals surface area contributed by atoms with E-state index in [9.17, 15) is 18.8 Å². The zero-order chi connectivity index (χ0) is 14.6. The van der Waals surface area contributed by atoms with Gasteiger partial charge in [-0.15, -0.1) is 0 Å². The second kappa shape index (κ2) is 6.28. The van der Waals surface area contributed by atoms with Gasteiger partial charge in [0.1, 0.15) is 18.9 Å². The number of hydrogen-bond donors (Lipinski definition) is 2. The van der Waals surface area contributed by atoms with Crippen LogP contribution in [0.15, 0.2) is 22.7 Å². The van der Waals surface area contributed by atoms with Crippen molar-refractivity contribution in [1.82, 2.24) is 4.90 Å². The maximum absolute atomic E-state index is 13.3. The molecule has 2 amide bonds. The highest BCUT2D eigenvalue weighted by Crippen LogP contribution is 2.21. The van der Waals surface area contributed by atoms with Gasteiger partial charge < -0.3 is 15.7 Å². The summed E-state index contributed by atoms with van der Waals surface area (Å²) in [6, 6.07) is 3.75. The van der Waals surface area contributed by atoms with Crippen molar-refractivity contribution in [3.05, 3.63) is 34.1 Å². The van der Waals surface area contributed by atoms with Crippen molar-refractivity contribution in [3.63, 3.8) is 0 Å². The molecule has 102 valence electrons. The average Bonchev–Trinajstić information content (AvgIpc) is 2.30. The second-order valence-corrected chi connectivity index (χ2v) is 4.42. The first kappa shape index (κ1) is 15.1. The van der Waals surface area contributed by atoms with Gasteiger partial charge in [-0.3, -0.25) is 14.4 Å². The number of carboxylic acid groups (broad SMARTS) is 1. The summed E-state index contributed by atoms with van der Waals surface area (Å²) in [5.41, 5.74) is 4.86. The summed E-state index contributed by atoms with van der Waals surface area (Å²) in [6.07, 6.45) is 0. The molecule has 1 aromatic carbocycles. The predicted molar refractivity (Wildman–Crippen MR) is 66.8 cm³/mol. The van der Waals surface area contributed by atoms with Gasteiger partial charge in [0, 0.05) is 0 Å². The van der Waals surface area contributed by atoms with Crippen molar-refractivity contribution in [2.24, 2.45) is 5.73 Å². The van der Waals surface area contributed by atoms with E-state index in [1.165, 1.54) is 12.1 Å². The zero-order valence-electron chi connectivity index (χ0n) is 9.60. The van der Waals surface area contributed by atoms with Crippen LogP contribution in [-0.4, -0.2) is 40.9 Å². The van der Waals surface area contributed by atoms with Gasteiger partial charge in [0.15, 0.2) is 0 Å². The lowest BCUT2D eigenvalue weighted by Gasteiger charge is -2.19. The molecule has 0 saturated heterocycles. The van der Waals surface area contributed by atoms with Crippen molar-refractivity contribution < 1.29 is 23.9 Å². The van der Waals surface area contributed by atoms with E-state index in [2.05, 4.69) is 15.9 Å². The van der Waals surface area contributed by atoms with Crippen LogP contribution in [0.2, 0.25) is 0 Å². The number of carboxylic acids is 1. The third-order valence-corrected chi connectivity index (χ3v) is 2.95. The second-order valence-electron chi connectivity index (χ2n) is 3.62. The maximum atomic E-state index is 13.3. The van der Waals surface area contributed by atoms with Crippen LogP contribution in [0.5, 0.6) is 0 Å². The number of aliphatic carboxylic acids is 1. The summed E-state index contributed by atoms with van der Waals surface area (Å²) in [4.78, 5) is 34.2. The highest BCUT2D eigenvalue weighted by molar-refractivity contribution is 9.10. The van der Waals surface area contributed by atoms with Crippen LogP contribution in [0.4, 0.5) is 4.39 Å². The van der Waals surface area contributed by atoms with Gasteiger partial charge >= 0.3 is 5.97 Å². The lowest BCUT2D eigenvalue weighted by atomic mass is 10.2. The number of nitrogens with zero attached hydrogens (tertiary/aromatic N) is 1. The first-order valence-electron chi connectivity index (χ1n) is 5.06. The molecule has 0 heterocycles. The Hall–Kier alpha value is -1.96. The third-order valence-electron chi connectivity index (χ3n) is 2.14. The average molecular weight is 333 g/mol. The summed E-state index contributed by atoms with van der Waals surface area (Å²) in [6.45, 7) is -1.27. The van der Waals surface area contributed by atoms with Crippen molar-refractivity contribution in [3.8, 4) is 0 Å². The molecule has 1 rings (SSSR count). The Morgan fingerprint density at radius 1 is 1.32 bits per heavy atom. The van der Waals surface area contributed by atoms with E-state index < -0.39 is 36.7 Å². The van der Waals surface area contributed by atoms with Gasteiger partial charge in [0.25, 0.3) is 5.91 Å². The minimum Gasteiger partial charge on any atom is -0.480 e. The van der Waals surface area contributed by atoms with Crippen LogP contribution in [0.25, 0.3) is 0 Å². The summed E-state index contributed by atoms with van der Waals surface area (Å²) in [5.74, 6) is -3.63. The highest BCUT2D eigenvalue weighted by Gasteiger charge is 2.23. The van der Waals surface area contributed by atoms with Crippen molar-refractivity contribution in [1.29, 1.82) is 0 Å². The molecule has 0 aromatic heterocycles. The standard InChI is InChI=1S/C11H10BrFN2O4/c12-10-6(2-1-3-7(10)13)11(19)15(4-8(14)16)5-9(17)18/h1-3H,4-5H2,(H2,14,16)(H,17,18). The Kier molecular flexibility index (Phi) is 4.99. The summed E-state index contributed by atoms with van der Waals surface area (Å²) >= 11 is 2.90. The molecule has 0 atom stereocenters. The van der Waals surface area contributed by atoms with Crippen LogP contribution in [0.3, 0.4) is 0 Å². The monoisotopic (exact) mass is 332 g/mol. The van der Waals surface area contributed by atoms with E-state index >= 15 is 0 Å². The fraction of sp³-hybridized carbons (Fsp3) is 0.182. The number of halogens is 2. The molecule has 0 aliphatic carbocycles. The maximum Gasteiger partial charge on any atom is 0.323 e. The Balaban J connectivity index is 3.07. The van der Waals surface area contributed by atoms with E-state index in [-0.39, 0.29) is 10.0 Å². The largest absolute Gasteiger partial charge is 0.480 e. The molecule has 0 saturated carbocycles. The SMILES string of the molecule is NC(=O)CN(CC(=O)O)C(=O)c1cccc(F)c1Br. The van der Waals surface area contributed by atoms with Crippen molar-refractivity contribution in [2.45, 2.75) is 0 Å². The molecular formula is C11H10BrFN2O4. The molecule has 1 aromatic rings. The number of primary amides is 1. The summed E-state index contributed by atoms with van der Waals surface area (Å²) in [5, 5.41) is 8.68. The van der Waals surface area contributed by atoms with Crippen LogP contribution in [-0.2, 0) is 9.59 Å². The van der Waals surface area contributed by atoms with Gasteiger partial charge in [-0.05, 0) is 28.1 Å². The number of nitrogens with two attached hydrogens (primary N) is 1. The molecule has 0 aliphatic heterocycles. The zero-order valence-corrected chi connectivity index (χ0v) is 11.2. The fourth-order valence-corrected chi connectivity index (χ4v) is 1.82. The number of carbonyl (C=O) groups excluding carboxylic acids is 2. The fourth-order valence-electron chi connectivity index (χ4n) is 1.39. The number of rotatable bonds is 5. The Labute approximate surface area is 116 Å². The van der Waals surface area contributed by atoms with Crippen LogP contribution >= 0.6 is 15.9 Å². The van der Waals surface area contributed by atoms with Crippen LogP contribution in [0, 0.1) is 5.82 Å². The molecule has 0 bridgehead atoms. The van der Waals surface area contributed by atoms with Gasteiger partial charge in [-0.1, -0.05) is 6.07 Å². The van der Waals surface area contributed by atoms with Crippen LogP contribution < -0.4 is 5.73 Å². The number of amides is 2. The summed E-state index contributed by atoms with van der Waals surface area (Å²) < 4.78 is 13.2. The first-order chi connectivity index (χ1) is 8.82. The molecule has 0 fully saturated rings. The third kappa shape index (κ3) is 4.02. The topological polar surface area (TPSA) is 101 Å². The molecule has 19 heavy (non-hydrogen) atoms. The molecule has 0 spiro atoms. The molecule has 0 unspecified atom stereocenters. The molecular weight excluding hydrogens is 323 g/mol. The first-order valence-corrected chi connectivity index (χ1v) is 5.85. The lowest BCUT2D eigenvalue weighted by Crippen LogP contribution is -2.41. The van der Waals surface area contributed by atoms with E-state index in [1.54, 1.807) is 0 Å². The number of carbonyl (C=O) groups is 3. The van der Waals surface area contributed by atoms with Gasteiger partial charge in [-0.25, -0.2) is 4.39 Å². The van der Waals surface area contributed by atoms with Gasteiger partial charge in [-0.2, -0.15) is 0 Å². The normalized spacial score (nSPS) is 10.0. The smallest absolute Gasteiger partial charge is 0.323 e. The van der Waals surface area contributed by atoms with Crippen LogP contribution in [0.1, 0.15) is 10.4 Å². The molecule has 0 aliphatic rings. The van der Waals surface area contributed by atoms with E-state index in [1.807, 2.05) is 0 Å². The Morgan fingerprint density at radius 2 is 1.95 bits per heavy atom. The highest BCUT2D eigenvalue weighted by atomic mass is 79.9. The van der Waals surface area contributed by atoms with Gasteiger partial charge in [0.2, 0.25) is 5.91 Å². The predicted octanol–water partition coefficient (Wildman–Crippen LogP) is 0.600. The quantitative estimate of drug-likeness (QED) is 0.824. The lowest BCUT2D eigenvalue weighted by molar-refractivity contribution is -0.138. The number of benzene rings is 1. The minimum atomic E-state index is -1.30. The van der Waals surface area contributed by atoms with E-state index in [0.29, 0.717) is 0 Å². The molecule has 6 nitrogen and oxygen atoms in total. The molecule has 0 radical (unpaired) electrons. The van der Waals surface area contributed by atoms with Crippen molar-refractivity contribution in [2.75, 3.05) is 13.1 Å². The molecule has 8 heteroatoms. The Bertz CT molecular complexity index is 519.